The van der Waals surface area contributed by atoms with Crippen LogP contribution in [0.2, 0.25) is 0 Å². The Kier molecular flexibility index (Phi) is 2.92. The number of rotatable bonds is 2. The topological polar surface area (TPSA) is 74.1 Å². The number of amides is 2. The lowest BCUT2D eigenvalue weighted by Crippen LogP contribution is -2.28. The normalized spacial score (nSPS) is 14.8. The number of aromatic nitrogens is 1. The molecular formula is C15H11N3O2. The van der Waals surface area contributed by atoms with Crippen molar-refractivity contribution in [3.8, 4) is 6.07 Å². The summed E-state index contributed by atoms with van der Waals surface area (Å²) in [6.45, 7) is 0.270. The summed E-state index contributed by atoms with van der Waals surface area (Å²) in [7, 11) is 0. The van der Waals surface area contributed by atoms with Crippen LogP contribution in [0.1, 0.15) is 24.1 Å². The highest BCUT2D eigenvalue weighted by Crippen LogP contribution is 2.19. The van der Waals surface area contributed by atoms with Crippen LogP contribution in [0.4, 0.5) is 0 Å². The third kappa shape index (κ3) is 2.12. The second-order valence-corrected chi connectivity index (χ2v) is 4.71. The fourth-order valence-corrected chi connectivity index (χ4v) is 2.31. The zero-order chi connectivity index (χ0) is 14.1. The lowest BCUT2D eigenvalue weighted by molar-refractivity contribution is -0.139. The first-order valence-electron chi connectivity index (χ1n) is 6.30. The Morgan fingerprint density at radius 2 is 1.85 bits per heavy atom. The Balaban J connectivity index is 1.94. The molecule has 5 nitrogen and oxygen atoms in total. The average molecular weight is 265 g/mol. The van der Waals surface area contributed by atoms with E-state index in [1.165, 1.54) is 4.90 Å². The first kappa shape index (κ1) is 12.3. The maximum Gasteiger partial charge on any atom is 0.229 e. The number of nitrogens with zero attached hydrogens (tertiary/aromatic N) is 3. The van der Waals surface area contributed by atoms with E-state index in [1.807, 2.05) is 30.3 Å². The van der Waals surface area contributed by atoms with E-state index in [0.29, 0.717) is 24.1 Å². The molecule has 1 fully saturated rings. The fourth-order valence-electron chi connectivity index (χ4n) is 2.31. The van der Waals surface area contributed by atoms with E-state index >= 15 is 0 Å². The van der Waals surface area contributed by atoms with Crippen LogP contribution >= 0.6 is 0 Å². The molecule has 0 radical (unpaired) electrons. The molecule has 0 N–H and O–H groups in total. The highest BCUT2D eigenvalue weighted by Gasteiger charge is 2.28. The van der Waals surface area contributed by atoms with Gasteiger partial charge in [-0.3, -0.25) is 14.5 Å². The van der Waals surface area contributed by atoms with Crippen LogP contribution in [0.3, 0.4) is 0 Å². The van der Waals surface area contributed by atoms with Crippen molar-refractivity contribution in [3.05, 3.63) is 41.6 Å². The van der Waals surface area contributed by atoms with Crippen molar-refractivity contribution in [2.75, 3.05) is 0 Å². The van der Waals surface area contributed by atoms with Gasteiger partial charge in [-0.2, -0.15) is 5.26 Å². The third-order valence-electron chi connectivity index (χ3n) is 3.37. The Bertz CT molecular complexity index is 745. The maximum atomic E-state index is 11.6. The number of hydrogen-bond acceptors (Lipinski definition) is 4. The van der Waals surface area contributed by atoms with Gasteiger partial charge in [0, 0.05) is 18.2 Å². The third-order valence-corrected chi connectivity index (χ3v) is 3.37. The van der Waals surface area contributed by atoms with Gasteiger partial charge >= 0.3 is 0 Å². The number of fused-ring (bicyclic) bond motifs is 1. The standard InChI is InChI=1S/C15H11N3O2/c16-8-12-4-3-11-2-1-10(7-13(11)17-12)9-18-14(19)5-6-15(18)20/h1-4,7H,5-6,9H2. The summed E-state index contributed by atoms with van der Waals surface area (Å²) in [5, 5.41) is 9.78. The Morgan fingerprint density at radius 1 is 1.15 bits per heavy atom. The van der Waals surface area contributed by atoms with Gasteiger partial charge in [-0.15, -0.1) is 0 Å². The fraction of sp³-hybridized carbons (Fsp3) is 0.200. The number of nitriles is 1. The molecule has 1 aliphatic rings. The molecule has 2 aromatic rings. The van der Waals surface area contributed by atoms with E-state index in [0.717, 1.165) is 10.9 Å². The summed E-state index contributed by atoms with van der Waals surface area (Å²) in [4.78, 5) is 28.7. The molecule has 1 saturated heterocycles. The molecule has 0 bridgehead atoms. The molecule has 0 atom stereocenters. The van der Waals surface area contributed by atoms with Crippen molar-refractivity contribution < 1.29 is 9.59 Å². The summed E-state index contributed by atoms with van der Waals surface area (Å²) >= 11 is 0. The van der Waals surface area contributed by atoms with Gasteiger partial charge in [0.05, 0.1) is 12.1 Å². The quantitative estimate of drug-likeness (QED) is 0.775. The molecular weight excluding hydrogens is 254 g/mol. The van der Waals surface area contributed by atoms with Gasteiger partial charge in [0.25, 0.3) is 0 Å². The maximum absolute atomic E-state index is 11.6. The molecule has 3 rings (SSSR count). The van der Waals surface area contributed by atoms with Crippen LogP contribution in [-0.2, 0) is 16.1 Å². The molecule has 0 saturated carbocycles. The van der Waals surface area contributed by atoms with E-state index < -0.39 is 0 Å². The van der Waals surface area contributed by atoms with E-state index in [1.54, 1.807) is 6.07 Å². The molecule has 0 spiro atoms. The number of carbonyl (C=O) groups is 2. The number of pyridine rings is 1. The van der Waals surface area contributed by atoms with Gasteiger partial charge in [-0.05, 0) is 23.8 Å². The van der Waals surface area contributed by atoms with Crippen LogP contribution in [0.15, 0.2) is 30.3 Å². The Morgan fingerprint density at radius 3 is 2.55 bits per heavy atom. The van der Waals surface area contributed by atoms with Crippen LogP contribution in [0.25, 0.3) is 10.9 Å². The van der Waals surface area contributed by atoms with Gasteiger partial charge in [0.1, 0.15) is 11.8 Å². The van der Waals surface area contributed by atoms with Crippen LogP contribution in [0.5, 0.6) is 0 Å². The SMILES string of the molecule is N#Cc1ccc2ccc(CN3C(=O)CCC3=O)cc2n1. The van der Waals surface area contributed by atoms with Gasteiger partial charge < -0.3 is 0 Å². The highest BCUT2D eigenvalue weighted by molar-refractivity contribution is 6.01. The summed E-state index contributed by atoms with van der Waals surface area (Å²) < 4.78 is 0. The van der Waals surface area contributed by atoms with Crippen molar-refractivity contribution in [3.63, 3.8) is 0 Å². The van der Waals surface area contributed by atoms with E-state index in [2.05, 4.69) is 4.98 Å². The van der Waals surface area contributed by atoms with Crippen LogP contribution in [-0.4, -0.2) is 21.7 Å². The molecule has 20 heavy (non-hydrogen) atoms. The number of hydrogen-bond donors (Lipinski definition) is 0. The molecule has 1 aromatic heterocycles. The lowest BCUT2D eigenvalue weighted by Gasteiger charge is -2.13. The van der Waals surface area contributed by atoms with Gasteiger partial charge in [-0.25, -0.2) is 4.98 Å². The molecule has 0 unspecified atom stereocenters. The van der Waals surface area contributed by atoms with Gasteiger partial charge in [0.2, 0.25) is 11.8 Å². The molecule has 2 heterocycles. The van der Waals surface area contributed by atoms with E-state index in [4.69, 9.17) is 5.26 Å². The zero-order valence-corrected chi connectivity index (χ0v) is 10.7. The molecule has 5 heteroatoms. The summed E-state index contributed by atoms with van der Waals surface area (Å²) in [5.41, 5.74) is 1.88. The second-order valence-electron chi connectivity index (χ2n) is 4.71. The second kappa shape index (κ2) is 4.74. The summed E-state index contributed by atoms with van der Waals surface area (Å²) in [6, 6.07) is 11.1. The molecule has 1 aliphatic heterocycles. The Hall–Kier alpha value is -2.74. The summed E-state index contributed by atoms with van der Waals surface area (Å²) in [5.74, 6) is -0.261. The van der Waals surface area contributed by atoms with Crippen LogP contribution in [0, 0.1) is 11.3 Å². The van der Waals surface area contributed by atoms with Crippen molar-refractivity contribution in [2.45, 2.75) is 19.4 Å². The zero-order valence-electron chi connectivity index (χ0n) is 10.7. The van der Waals surface area contributed by atoms with Crippen molar-refractivity contribution in [2.24, 2.45) is 0 Å². The number of benzene rings is 1. The average Bonchev–Trinajstić information content (AvgIpc) is 2.78. The number of imide groups is 1. The predicted octanol–water partition coefficient (Wildman–Crippen LogP) is 1.76. The van der Waals surface area contributed by atoms with Gasteiger partial charge in [-0.1, -0.05) is 12.1 Å². The predicted molar refractivity (Wildman–Crippen MR) is 71.2 cm³/mol. The minimum absolute atomic E-state index is 0.131. The van der Waals surface area contributed by atoms with E-state index in [-0.39, 0.29) is 18.4 Å². The molecule has 2 amide bonds. The molecule has 1 aromatic carbocycles. The monoisotopic (exact) mass is 265 g/mol. The highest BCUT2D eigenvalue weighted by atomic mass is 16.2. The smallest absolute Gasteiger partial charge is 0.229 e. The Labute approximate surface area is 115 Å². The van der Waals surface area contributed by atoms with Gasteiger partial charge in [0.15, 0.2) is 0 Å². The van der Waals surface area contributed by atoms with E-state index in [9.17, 15) is 9.59 Å². The van der Waals surface area contributed by atoms with Crippen molar-refractivity contribution in [1.82, 2.24) is 9.88 Å². The van der Waals surface area contributed by atoms with Crippen molar-refractivity contribution in [1.29, 1.82) is 5.26 Å². The minimum atomic E-state index is -0.131. The van der Waals surface area contributed by atoms with Crippen molar-refractivity contribution >= 4 is 22.7 Å². The first-order valence-corrected chi connectivity index (χ1v) is 6.30. The lowest BCUT2D eigenvalue weighted by atomic mass is 10.1. The van der Waals surface area contributed by atoms with Crippen LogP contribution < -0.4 is 0 Å². The molecule has 0 aliphatic carbocycles. The number of likely N-dealkylation sites (tertiary alicyclic amines) is 1. The largest absolute Gasteiger partial charge is 0.278 e. The number of carbonyl (C=O) groups excluding carboxylic acids is 2. The minimum Gasteiger partial charge on any atom is -0.278 e. The first-order chi connectivity index (χ1) is 9.67. The molecule has 98 valence electrons. The summed E-state index contributed by atoms with van der Waals surface area (Å²) in [6.07, 6.45) is 0.590.